The number of aliphatic carboxylic acids is 1. The van der Waals surface area contributed by atoms with Crippen molar-refractivity contribution in [2.45, 2.75) is 12.5 Å². The molecule has 0 aliphatic heterocycles. The predicted molar refractivity (Wildman–Crippen MR) is 87.5 cm³/mol. The smallest absolute Gasteiger partial charge is 0.307 e. The molecule has 1 unspecified atom stereocenters. The Hall–Kier alpha value is -2.37. The third-order valence-corrected chi connectivity index (χ3v) is 3.35. The summed E-state index contributed by atoms with van der Waals surface area (Å²) in [6.45, 7) is 1.55. The van der Waals surface area contributed by atoms with E-state index in [9.17, 15) is 9.90 Å². The molecule has 3 N–H and O–H groups in total. The number of hydrogen-bond donors (Lipinski definition) is 3. The van der Waals surface area contributed by atoms with Crippen LogP contribution in [0.1, 0.15) is 17.2 Å². The summed E-state index contributed by atoms with van der Waals surface area (Å²) in [6.07, 6.45) is -0.523. The van der Waals surface area contributed by atoms with Gasteiger partial charge in [-0.05, 0) is 23.3 Å². The quantitative estimate of drug-likeness (QED) is 0.617. The molecule has 0 radical (unpaired) electrons. The summed E-state index contributed by atoms with van der Waals surface area (Å²) in [5.41, 5.74) is 1.63. The molecule has 1 atom stereocenters. The van der Waals surface area contributed by atoms with Crippen LogP contribution >= 0.6 is 0 Å². The van der Waals surface area contributed by atoms with Crippen molar-refractivity contribution in [1.29, 1.82) is 0 Å². The van der Waals surface area contributed by atoms with Gasteiger partial charge in [-0.3, -0.25) is 4.79 Å². The molecular formula is C18H21NO4. The second-order valence-corrected chi connectivity index (χ2v) is 5.19. The number of aliphatic hydroxyl groups excluding tert-OH is 1. The van der Waals surface area contributed by atoms with Gasteiger partial charge in [-0.15, -0.1) is 0 Å². The Morgan fingerprint density at radius 1 is 1.09 bits per heavy atom. The van der Waals surface area contributed by atoms with E-state index in [0.717, 1.165) is 11.1 Å². The zero-order chi connectivity index (χ0) is 16.5. The summed E-state index contributed by atoms with van der Waals surface area (Å²) in [7, 11) is 0. The van der Waals surface area contributed by atoms with E-state index in [1.54, 1.807) is 24.3 Å². The van der Waals surface area contributed by atoms with Crippen molar-refractivity contribution < 1.29 is 19.7 Å². The van der Waals surface area contributed by atoms with Crippen LogP contribution in [0.15, 0.2) is 54.6 Å². The molecule has 0 spiro atoms. The zero-order valence-corrected chi connectivity index (χ0v) is 12.8. The van der Waals surface area contributed by atoms with Crippen molar-refractivity contribution in [3.63, 3.8) is 0 Å². The van der Waals surface area contributed by atoms with Crippen molar-refractivity contribution in [1.82, 2.24) is 5.32 Å². The monoisotopic (exact) mass is 315 g/mol. The summed E-state index contributed by atoms with van der Waals surface area (Å²) >= 11 is 0. The summed E-state index contributed by atoms with van der Waals surface area (Å²) in [6, 6.07) is 16.5. The molecule has 23 heavy (non-hydrogen) atoms. The van der Waals surface area contributed by atoms with E-state index in [2.05, 4.69) is 5.32 Å². The van der Waals surface area contributed by atoms with Gasteiger partial charge >= 0.3 is 5.97 Å². The van der Waals surface area contributed by atoms with Crippen LogP contribution in [-0.4, -0.2) is 35.9 Å². The molecule has 0 bridgehead atoms. The standard InChI is InChI=1S/C18H21NO4/c20-17(15-4-2-1-3-5-15)13-19-10-11-23-16-8-6-14(7-9-16)12-18(21)22/h1-9,17,19-20H,10-13H2,(H,21,22). The minimum absolute atomic E-state index is 0.0131. The normalized spacial score (nSPS) is 11.9. The molecule has 5 heteroatoms. The molecule has 5 nitrogen and oxygen atoms in total. The number of hydrogen-bond acceptors (Lipinski definition) is 4. The molecule has 0 fully saturated rings. The Morgan fingerprint density at radius 3 is 2.43 bits per heavy atom. The fourth-order valence-electron chi connectivity index (χ4n) is 2.15. The van der Waals surface area contributed by atoms with Crippen LogP contribution in [0.5, 0.6) is 5.75 Å². The molecule has 2 rings (SSSR count). The Balaban J connectivity index is 1.64. The first kappa shape index (κ1) is 17.0. The molecule has 0 amide bonds. The Kier molecular flexibility index (Phi) is 6.59. The van der Waals surface area contributed by atoms with Crippen LogP contribution in [0.3, 0.4) is 0 Å². The van der Waals surface area contributed by atoms with E-state index < -0.39 is 12.1 Å². The maximum atomic E-state index is 10.6. The third-order valence-electron chi connectivity index (χ3n) is 3.35. The molecule has 122 valence electrons. The van der Waals surface area contributed by atoms with Crippen molar-refractivity contribution in [2.24, 2.45) is 0 Å². The van der Waals surface area contributed by atoms with E-state index in [4.69, 9.17) is 9.84 Å². The zero-order valence-electron chi connectivity index (χ0n) is 12.8. The van der Waals surface area contributed by atoms with Gasteiger partial charge in [0.15, 0.2) is 0 Å². The van der Waals surface area contributed by atoms with Crippen LogP contribution in [0.25, 0.3) is 0 Å². The largest absolute Gasteiger partial charge is 0.492 e. The highest BCUT2D eigenvalue weighted by molar-refractivity contribution is 5.70. The Labute approximate surface area is 135 Å². The van der Waals surface area contributed by atoms with Gasteiger partial charge in [0.1, 0.15) is 12.4 Å². The highest BCUT2D eigenvalue weighted by Crippen LogP contribution is 2.13. The first-order valence-electron chi connectivity index (χ1n) is 7.52. The maximum absolute atomic E-state index is 10.6. The third kappa shape index (κ3) is 6.10. The molecule has 0 saturated heterocycles. The van der Waals surface area contributed by atoms with E-state index in [-0.39, 0.29) is 6.42 Å². The number of carboxylic acids is 1. The lowest BCUT2D eigenvalue weighted by Crippen LogP contribution is -2.26. The fraction of sp³-hybridized carbons (Fsp3) is 0.278. The van der Waals surface area contributed by atoms with E-state index in [1.807, 2.05) is 30.3 Å². The van der Waals surface area contributed by atoms with Crippen LogP contribution in [0.2, 0.25) is 0 Å². The number of nitrogens with one attached hydrogen (secondary N) is 1. The summed E-state index contributed by atoms with van der Waals surface area (Å²) in [5, 5.41) is 21.8. The highest BCUT2D eigenvalue weighted by atomic mass is 16.5. The van der Waals surface area contributed by atoms with Gasteiger partial charge < -0.3 is 20.3 Å². The van der Waals surface area contributed by atoms with Crippen LogP contribution in [0.4, 0.5) is 0 Å². The van der Waals surface area contributed by atoms with Crippen molar-refractivity contribution in [3.8, 4) is 5.75 Å². The van der Waals surface area contributed by atoms with Crippen molar-refractivity contribution in [3.05, 3.63) is 65.7 Å². The first-order valence-corrected chi connectivity index (χ1v) is 7.52. The molecule has 0 aromatic heterocycles. The second-order valence-electron chi connectivity index (χ2n) is 5.19. The lowest BCUT2D eigenvalue weighted by Gasteiger charge is -2.12. The number of carbonyl (C=O) groups is 1. The lowest BCUT2D eigenvalue weighted by molar-refractivity contribution is -0.136. The van der Waals surface area contributed by atoms with Gasteiger partial charge in [0, 0.05) is 13.1 Å². The SMILES string of the molecule is O=C(O)Cc1ccc(OCCNCC(O)c2ccccc2)cc1. The second kappa shape index (κ2) is 8.92. The highest BCUT2D eigenvalue weighted by Gasteiger charge is 2.05. The average molecular weight is 315 g/mol. The molecule has 0 aliphatic carbocycles. The lowest BCUT2D eigenvalue weighted by atomic mass is 10.1. The fourth-order valence-corrected chi connectivity index (χ4v) is 2.15. The van der Waals surface area contributed by atoms with E-state index in [1.165, 1.54) is 0 Å². The van der Waals surface area contributed by atoms with Crippen LogP contribution in [0, 0.1) is 0 Å². The minimum Gasteiger partial charge on any atom is -0.492 e. The minimum atomic E-state index is -0.847. The van der Waals surface area contributed by atoms with Gasteiger partial charge in [0.25, 0.3) is 0 Å². The molecule has 2 aromatic rings. The number of rotatable bonds is 9. The maximum Gasteiger partial charge on any atom is 0.307 e. The van der Waals surface area contributed by atoms with Crippen LogP contribution < -0.4 is 10.1 Å². The van der Waals surface area contributed by atoms with Crippen molar-refractivity contribution in [2.75, 3.05) is 19.7 Å². The van der Waals surface area contributed by atoms with E-state index in [0.29, 0.717) is 25.4 Å². The Bertz CT molecular complexity index is 598. The summed E-state index contributed by atoms with van der Waals surface area (Å²) in [5.74, 6) is -0.149. The molecule has 0 saturated carbocycles. The summed E-state index contributed by atoms with van der Waals surface area (Å²) in [4.78, 5) is 10.6. The number of aliphatic hydroxyl groups is 1. The summed E-state index contributed by atoms with van der Waals surface area (Å²) < 4.78 is 5.56. The number of carboxylic acid groups (broad SMARTS) is 1. The van der Waals surface area contributed by atoms with Gasteiger partial charge in [-0.25, -0.2) is 0 Å². The average Bonchev–Trinajstić information content (AvgIpc) is 2.56. The molecule has 2 aromatic carbocycles. The number of benzene rings is 2. The van der Waals surface area contributed by atoms with E-state index >= 15 is 0 Å². The van der Waals surface area contributed by atoms with Crippen molar-refractivity contribution >= 4 is 5.97 Å². The topological polar surface area (TPSA) is 78.8 Å². The molecule has 0 aliphatic rings. The molecular weight excluding hydrogens is 294 g/mol. The van der Waals surface area contributed by atoms with Gasteiger partial charge in [-0.1, -0.05) is 42.5 Å². The van der Waals surface area contributed by atoms with Gasteiger partial charge in [-0.2, -0.15) is 0 Å². The molecule has 0 heterocycles. The predicted octanol–water partition coefficient (Wildman–Crippen LogP) is 2.02. The van der Waals surface area contributed by atoms with Crippen LogP contribution in [-0.2, 0) is 11.2 Å². The Morgan fingerprint density at radius 2 is 1.78 bits per heavy atom. The number of ether oxygens (including phenoxy) is 1. The van der Waals surface area contributed by atoms with Gasteiger partial charge in [0.2, 0.25) is 0 Å². The first-order chi connectivity index (χ1) is 11.1. The van der Waals surface area contributed by atoms with Gasteiger partial charge in [0.05, 0.1) is 12.5 Å².